The van der Waals surface area contributed by atoms with E-state index in [2.05, 4.69) is 57.2 Å². The fraction of sp³-hybridized carbons (Fsp3) is 0.827. The van der Waals surface area contributed by atoms with E-state index in [9.17, 15) is 14.4 Å². The van der Waals surface area contributed by atoms with Gasteiger partial charge in [0.1, 0.15) is 13.2 Å². The van der Waals surface area contributed by atoms with E-state index in [-0.39, 0.29) is 37.5 Å². The Morgan fingerprint density at radius 3 is 1.03 bits per heavy atom. The van der Waals surface area contributed by atoms with Crippen molar-refractivity contribution >= 4 is 17.9 Å². The molecule has 0 spiro atoms. The van der Waals surface area contributed by atoms with Crippen LogP contribution in [0.2, 0.25) is 0 Å². The number of rotatable bonds is 45. The van der Waals surface area contributed by atoms with Crippen LogP contribution in [-0.2, 0) is 28.6 Å². The molecule has 0 rings (SSSR count). The first-order valence-electron chi connectivity index (χ1n) is 25.0. The van der Waals surface area contributed by atoms with Crippen molar-refractivity contribution in [2.45, 2.75) is 264 Å². The van der Waals surface area contributed by atoms with Crippen molar-refractivity contribution in [2.75, 3.05) is 13.2 Å². The van der Waals surface area contributed by atoms with Gasteiger partial charge >= 0.3 is 17.9 Å². The van der Waals surface area contributed by atoms with Gasteiger partial charge in [0, 0.05) is 19.3 Å². The molecule has 338 valence electrons. The van der Waals surface area contributed by atoms with E-state index >= 15 is 0 Å². The number of hydrogen-bond acceptors (Lipinski definition) is 6. The second-order valence-corrected chi connectivity index (χ2v) is 16.7. The highest BCUT2D eigenvalue weighted by molar-refractivity contribution is 5.71. The van der Waals surface area contributed by atoms with Crippen LogP contribution in [0.5, 0.6) is 0 Å². The highest BCUT2D eigenvalue weighted by Gasteiger charge is 2.19. The molecule has 58 heavy (non-hydrogen) atoms. The summed E-state index contributed by atoms with van der Waals surface area (Å²) in [4.78, 5) is 37.8. The van der Waals surface area contributed by atoms with Crippen molar-refractivity contribution in [2.24, 2.45) is 0 Å². The van der Waals surface area contributed by atoms with Crippen molar-refractivity contribution in [3.63, 3.8) is 0 Å². The van der Waals surface area contributed by atoms with Gasteiger partial charge in [0.25, 0.3) is 0 Å². The average Bonchev–Trinajstić information content (AvgIpc) is 3.22. The zero-order valence-electron chi connectivity index (χ0n) is 38.6. The SMILES string of the molecule is CC/C=C\C/C=C\C/C=C\CCCC(=O)OC(COC(=O)CCCCCCCCCCCCC)COC(=O)CCCCCCCCCCCCCCCCCCCC. The van der Waals surface area contributed by atoms with Gasteiger partial charge in [0.05, 0.1) is 0 Å². The number of allylic oxidation sites excluding steroid dienone is 6. The zero-order chi connectivity index (χ0) is 42.3. The fourth-order valence-corrected chi connectivity index (χ4v) is 7.17. The largest absolute Gasteiger partial charge is 0.462 e. The Bertz CT molecular complexity index is 984. The number of hydrogen-bond donors (Lipinski definition) is 0. The molecule has 0 aromatic rings. The minimum atomic E-state index is -0.791. The molecule has 0 aliphatic heterocycles. The number of ether oxygens (including phenoxy) is 3. The second-order valence-electron chi connectivity index (χ2n) is 16.7. The molecule has 0 N–H and O–H groups in total. The molecule has 1 atom stereocenters. The van der Waals surface area contributed by atoms with E-state index in [4.69, 9.17) is 14.2 Å². The first-order chi connectivity index (χ1) is 28.5. The number of carbonyl (C=O) groups excluding carboxylic acids is 3. The molecule has 0 bridgehead atoms. The third kappa shape index (κ3) is 44.7. The molecular weight excluding hydrogens is 721 g/mol. The van der Waals surface area contributed by atoms with Crippen molar-refractivity contribution in [1.29, 1.82) is 0 Å². The van der Waals surface area contributed by atoms with Crippen LogP contribution in [0.15, 0.2) is 36.5 Å². The third-order valence-corrected chi connectivity index (χ3v) is 10.9. The zero-order valence-corrected chi connectivity index (χ0v) is 38.6. The molecule has 0 heterocycles. The van der Waals surface area contributed by atoms with E-state index in [0.29, 0.717) is 19.3 Å². The second kappa shape index (κ2) is 47.3. The van der Waals surface area contributed by atoms with Crippen LogP contribution in [-0.4, -0.2) is 37.2 Å². The molecule has 0 radical (unpaired) electrons. The van der Waals surface area contributed by atoms with E-state index in [1.54, 1.807) is 0 Å². The van der Waals surface area contributed by atoms with Crippen LogP contribution in [0.3, 0.4) is 0 Å². The minimum absolute atomic E-state index is 0.0883. The van der Waals surface area contributed by atoms with Crippen molar-refractivity contribution in [3.05, 3.63) is 36.5 Å². The Balaban J connectivity index is 4.31. The van der Waals surface area contributed by atoms with Crippen molar-refractivity contribution in [1.82, 2.24) is 0 Å². The van der Waals surface area contributed by atoms with Gasteiger partial charge < -0.3 is 14.2 Å². The first-order valence-corrected chi connectivity index (χ1v) is 25.0. The van der Waals surface area contributed by atoms with Crippen molar-refractivity contribution < 1.29 is 28.6 Å². The lowest BCUT2D eigenvalue weighted by atomic mass is 10.0. The summed E-state index contributed by atoms with van der Waals surface area (Å²) in [6.45, 7) is 6.49. The molecule has 0 saturated heterocycles. The van der Waals surface area contributed by atoms with Gasteiger partial charge in [-0.05, 0) is 44.9 Å². The molecule has 0 saturated carbocycles. The van der Waals surface area contributed by atoms with Gasteiger partial charge in [0.15, 0.2) is 6.10 Å². The van der Waals surface area contributed by atoms with E-state index in [0.717, 1.165) is 64.2 Å². The Kier molecular flexibility index (Phi) is 45.4. The maximum absolute atomic E-state index is 12.7. The molecule has 1 unspecified atom stereocenters. The van der Waals surface area contributed by atoms with Crippen LogP contribution in [0.1, 0.15) is 258 Å². The summed E-state index contributed by atoms with van der Waals surface area (Å²) in [6.07, 6.45) is 54.3. The van der Waals surface area contributed by atoms with E-state index in [1.807, 2.05) is 0 Å². The fourth-order valence-electron chi connectivity index (χ4n) is 7.17. The summed E-state index contributed by atoms with van der Waals surface area (Å²) in [6, 6.07) is 0. The normalized spacial score (nSPS) is 12.3. The number of carbonyl (C=O) groups is 3. The van der Waals surface area contributed by atoms with Gasteiger partial charge in [-0.2, -0.15) is 0 Å². The molecular formula is C52H94O6. The minimum Gasteiger partial charge on any atom is -0.462 e. The standard InChI is InChI=1S/C52H94O6/c1-4-7-10-13-16-19-22-23-24-25-26-27-28-31-33-36-39-42-45-51(54)57-48-49(58-52(55)46-43-40-37-34-30-21-18-15-12-9-6-3)47-56-50(53)44-41-38-35-32-29-20-17-14-11-8-5-2/h9,12,18,21,34,37,49H,4-8,10-11,13-17,19-20,22-33,35-36,38-48H2,1-3H3/b12-9-,21-18-,37-34-. The van der Waals surface area contributed by atoms with Crippen LogP contribution in [0, 0.1) is 0 Å². The molecule has 0 aliphatic carbocycles. The Labute approximate surface area is 359 Å². The first kappa shape index (κ1) is 55.6. The monoisotopic (exact) mass is 815 g/mol. The maximum Gasteiger partial charge on any atom is 0.306 e. The predicted octanol–water partition coefficient (Wildman–Crippen LogP) is 16.1. The average molecular weight is 815 g/mol. The van der Waals surface area contributed by atoms with Gasteiger partial charge in [-0.15, -0.1) is 0 Å². The Morgan fingerprint density at radius 1 is 0.362 bits per heavy atom. The molecule has 6 nitrogen and oxygen atoms in total. The quantitative estimate of drug-likeness (QED) is 0.0264. The van der Waals surface area contributed by atoms with Crippen LogP contribution in [0.4, 0.5) is 0 Å². The van der Waals surface area contributed by atoms with Gasteiger partial charge in [0.2, 0.25) is 0 Å². The molecule has 0 aromatic heterocycles. The summed E-state index contributed by atoms with van der Waals surface area (Å²) in [5.41, 5.74) is 0. The van der Waals surface area contributed by atoms with Gasteiger partial charge in [-0.25, -0.2) is 0 Å². The van der Waals surface area contributed by atoms with Crippen LogP contribution < -0.4 is 0 Å². The van der Waals surface area contributed by atoms with Gasteiger partial charge in [-0.1, -0.05) is 231 Å². The van der Waals surface area contributed by atoms with Gasteiger partial charge in [-0.3, -0.25) is 14.4 Å². The summed E-state index contributed by atoms with van der Waals surface area (Å²) < 4.78 is 16.7. The predicted molar refractivity (Wildman–Crippen MR) is 247 cm³/mol. The summed E-state index contributed by atoms with van der Waals surface area (Å²) in [5.74, 6) is -0.935. The third-order valence-electron chi connectivity index (χ3n) is 10.9. The molecule has 6 heteroatoms. The van der Waals surface area contributed by atoms with Crippen LogP contribution >= 0.6 is 0 Å². The topological polar surface area (TPSA) is 78.9 Å². The van der Waals surface area contributed by atoms with E-state index in [1.165, 1.54) is 148 Å². The van der Waals surface area contributed by atoms with Crippen LogP contribution in [0.25, 0.3) is 0 Å². The Morgan fingerprint density at radius 2 is 0.672 bits per heavy atom. The summed E-state index contributed by atoms with van der Waals surface area (Å²) >= 11 is 0. The lowest BCUT2D eigenvalue weighted by Gasteiger charge is -2.18. The molecule has 0 aromatic carbocycles. The number of esters is 3. The maximum atomic E-state index is 12.7. The van der Waals surface area contributed by atoms with Crippen molar-refractivity contribution in [3.8, 4) is 0 Å². The lowest BCUT2D eigenvalue weighted by molar-refractivity contribution is -0.167. The smallest absolute Gasteiger partial charge is 0.306 e. The molecule has 0 amide bonds. The Hall–Kier alpha value is -2.37. The number of unbranched alkanes of at least 4 members (excludes halogenated alkanes) is 28. The lowest BCUT2D eigenvalue weighted by Crippen LogP contribution is -2.30. The summed E-state index contributed by atoms with van der Waals surface area (Å²) in [7, 11) is 0. The molecule has 0 aliphatic rings. The highest BCUT2D eigenvalue weighted by Crippen LogP contribution is 2.16. The molecule has 0 fully saturated rings. The summed E-state index contributed by atoms with van der Waals surface area (Å²) in [5, 5.41) is 0. The highest BCUT2D eigenvalue weighted by atomic mass is 16.6. The van der Waals surface area contributed by atoms with E-state index < -0.39 is 6.10 Å².